The van der Waals surface area contributed by atoms with Crippen molar-refractivity contribution in [1.29, 1.82) is 0 Å². The lowest BCUT2D eigenvalue weighted by Crippen LogP contribution is -2.19. The summed E-state index contributed by atoms with van der Waals surface area (Å²) < 4.78 is 6.15. The summed E-state index contributed by atoms with van der Waals surface area (Å²) in [7, 11) is 1.62. The van der Waals surface area contributed by atoms with Crippen molar-refractivity contribution in [3.63, 3.8) is 0 Å². The van der Waals surface area contributed by atoms with E-state index < -0.39 is 0 Å². The zero-order chi connectivity index (χ0) is 16.2. The molecule has 0 unspecified atom stereocenters. The summed E-state index contributed by atoms with van der Waals surface area (Å²) in [6.07, 6.45) is 0.974. The standard InChI is InChI=1S/C17H17N3O2S/c1-3-11-4-6-12(7-5-11)18-16(21)20-17-19-14-9-8-13(22-2)10-15(14)23-17/h4-10H,3H2,1-2H3,(H2,18,19,20,21). The van der Waals surface area contributed by atoms with Crippen LogP contribution in [-0.2, 0) is 6.42 Å². The van der Waals surface area contributed by atoms with Crippen molar-refractivity contribution in [2.45, 2.75) is 13.3 Å². The third-order valence-electron chi connectivity index (χ3n) is 3.44. The number of rotatable bonds is 4. The second-order valence-electron chi connectivity index (χ2n) is 4.98. The Labute approximate surface area is 138 Å². The van der Waals surface area contributed by atoms with Crippen molar-refractivity contribution < 1.29 is 9.53 Å². The van der Waals surface area contributed by atoms with Crippen molar-refractivity contribution in [2.75, 3.05) is 17.7 Å². The molecule has 0 fully saturated rings. The normalized spacial score (nSPS) is 10.5. The minimum atomic E-state index is -0.305. The summed E-state index contributed by atoms with van der Waals surface area (Å²) in [5.74, 6) is 0.771. The third-order valence-corrected chi connectivity index (χ3v) is 4.37. The molecule has 0 atom stereocenters. The molecule has 6 heteroatoms. The van der Waals surface area contributed by atoms with E-state index in [9.17, 15) is 4.79 Å². The first kappa shape index (κ1) is 15.3. The van der Waals surface area contributed by atoms with E-state index in [1.807, 2.05) is 42.5 Å². The molecule has 23 heavy (non-hydrogen) atoms. The molecule has 0 saturated carbocycles. The van der Waals surface area contributed by atoms with E-state index in [0.717, 1.165) is 28.1 Å². The number of aromatic nitrogens is 1. The number of carbonyl (C=O) groups excluding carboxylic acids is 1. The number of nitrogens with zero attached hydrogens (tertiary/aromatic N) is 1. The maximum Gasteiger partial charge on any atom is 0.325 e. The highest BCUT2D eigenvalue weighted by Crippen LogP contribution is 2.29. The number of thiazole rings is 1. The van der Waals surface area contributed by atoms with E-state index in [1.165, 1.54) is 16.9 Å². The molecule has 5 nitrogen and oxygen atoms in total. The van der Waals surface area contributed by atoms with E-state index in [0.29, 0.717) is 5.13 Å². The van der Waals surface area contributed by atoms with Gasteiger partial charge in [-0.05, 0) is 42.3 Å². The fourth-order valence-electron chi connectivity index (χ4n) is 2.17. The molecule has 2 N–H and O–H groups in total. The molecule has 3 aromatic rings. The van der Waals surface area contributed by atoms with Gasteiger partial charge in [0.25, 0.3) is 0 Å². The summed E-state index contributed by atoms with van der Waals surface area (Å²) in [4.78, 5) is 16.4. The number of methoxy groups -OCH3 is 1. The van der Waals surface area contributed by atoms with Gasteiger partial charge in [0.15, 0.2) is 5.13 Å². The number of fused-ring (bicyclic) bond motifs is 1. The maximum absolute atomic E-state index is 12.1. The van der Waals surface area contributed by atoms with Crippen LogP contribution in [0, 0.1) is 0 Å². The van der Waals surface area contributed by atoms with Gasteiger partial charge in [0.05, 0.1) is 17.3 Å². The summed E-state index contributed by atoms with van der Waals surface area (Å²) in [5, 5.41) is 6.11. The van der Waals surface area contributed by atoms with Gasteiger partial charge in [-0.3, -0.25) is 5.32 Å². The fraction of sp³-hybridized carbons (Fsp3) is 0.176. The van der Waals surface area contributed by atoms with Crippen molar-refractivity contribution in [2.24, 2.45) is 0 Å². The molecule has 1 aromatic heterocycles. The maximum atomic E-state index is 12.1. The van der Waals surface area contributed by atoms with Gasteiger partial charge in [0.2, 0.25) is 0 Å². The van der Waals surface area contributed by atoms with Crippen LogP contribution in [0.15, 0.2) is 42.5 Å². The molecule has 0 radical (unpaired) electrons. The molecule has 1 heterocycles. The van der Waals surface area contributed by atoms with Crippen LogP contribution >= 0.6 is 11.3 Å². The number of nitrogens with one attached hydrogen (secondary N) is 2. The Morgan fingerprint density at radius 2 is 1.96 bits per heavy atom. The number of amides is 2. The highest BCUT2D eigenvalue weighted by Gasteiger charge is 2.08. The van der Waals surface area contributed by atoms with Crippen molar-refractivity contribution in [3.8, 4) is 5.75 Å². The zero-order valence-corrected chi connectivity index (χ0v) is 13.7. The molecule has 2 aromatic carbocycles. The number of anilines is 2. The van der Waals surface area contributed by atoms with E-state index in [4.69, 9.17) is 4.74 Å². The first-order valence-corrected chi connectivity index (χ1v) is 8.11. The van der Waals surface area contributed by atoms with Crippen LogP contribution in [0.5, 0.6) is 5.75 Å². The van der Waals surface area contributed by atoms with Crippen LogP contribution < -0.4 is 15.4 Å². The summed E-state index contributed by atoms with van der Waals surface area (Å²) in [6.45, 7) is 2.09. The predicted octanol–water partition coefficient (Wildman–Crippen LogP) is 4.51. The van der Waals surface area contributed by atoms with Gasteiger partial charge in [-0.1, -0.05) is 30.4 Å². The van der Waals surface area contributed by atoms with Gasteiger partial charge in [0.1, 0.15) is 5.75 Å². The van der Waals surface area contributed by atoms with Crippen LogP contribution in [-0.4, -0.2) is 18.1 Å². The Kier molecular flexibility index (Phi) is 4.43. The lowest BCUT2D eigenvalue weighted by molar-refractivity contribution is 0.262. The Morgan fingerprint density at radius 3 is 2.65 bits per heavy atom. The van der Waals surface area contributed by atoms with Gasteiger partial charge in [-0.2, -0.15) is 0 Å². The fourth-order valence-corrected chi connectivity index (χ4v) is 3.06. The number of carbonyl (C=O) groups is 1. The lowest BCUT2D eigenvalue weighted by Gasteiger charge is -2.05. The molecule has 3 rings (SSSR count). The van der Waals surface area contributed by atoms with Crippen LogP contribution in [0.3, 0.4) is 0 Å². The number of benzene rings is 2. The number of hydrogen-bond donors (Lipinski definition) is 2. The highest BCUT2D eigenvalue weighted by atomic mass is 32.1. The quantitative estimate of drug-likeness (QED) is 0.741. The van der Waals surface area contributed by atoms with Gasteiger partial charge in [-0.25, -0.2) is 9.78 Å². The smallest absolute Gasteiger partial charge is 0.325 e. The first-order valence-electron chi connectivity index (χ1n) is 7.29. The van der Waals surface area contributed by atoms with Gasteiger partial charge >= 0.3 is 6.03 Å². The molecule has 0 bridgehead atoms. The molecular formula is C17H17N3O2S. The molecule has 0 aliphatic carbocycles. The molecule has 0 spiro atoms. The number of aryl methyl sites for hydroxylation is 1. The van der Waals surface area contributed by atoms with Crippen molar-refractivity contribution in [3.05, 3.63) is 48.0 Å². The minimum absolute atomic E-state index is 0.305. The van der Waals surface area contributed by atoms with Gasteiger partial charge < -0.3 is 10.1 Å². The Balaban J connectivity index is 1.69. The van der Waals surface area contributed by atoms with Crippen LogP contribution in [0.4, 0.5) is 15.6 Å². The van der Waals surface area contributed by atoms with Gasteiger partial charge in [-0.15, -0.1) is 0 Å². The Bertz CT molecular complexity index is 827. The lowest BCUT2D eigenvalue weighted by atomic mass is 10.1. The molecule has 0 aliphatic rings. The highest BCUT2D eigenvalue weighted by molar-refractivity contribution is 7.22. The minimum Gasteiger partial charge on any atom is -0.497 e. The number of ether oxygens (including phenoxy) is 1. The molecule has 118 valence electrons. The Morgan fingerprint density at radius 1 is 1.17 bits per heavy atom. The van der Waals surface area contributed by atoms with Crippen molar-refractivity contribution in [1.82, 2.24) is 4.98 Å². The third kappa shape index (κ3) is 3.60. The first-order chi connectivity index (χ1) is 11.2. The van der Waals surface area contributed by atoms with E-state index in [1.54, 1.807) is 7.11 Å². The molecular weight excluding hydrogens is 310 g/mol. The number of hydrogen-bond acceptors (Lipinski definition) is 4. The summed E-state index contributed by atoms with van der Waals surface area (Å²) in [5.41, 5.74) is 2.82. The van der Waals surface area contributed by atoms with Crippen LogP contribution in [0.2, 0.25) is 0 Å². The predicted molar refractivity (Wildman–Crippen MR) is 94.6 cm³/mol. The largest absolute Gasteiger partial charge is 0.497 e. The van der Waals surface area contributed by atoms with E-state index >= 15 is 0 Å². The number of urea groups is 1. The second kappa shape index (κ2) is 6.66. The topological polar surface area (TPSA) is 63.2 Å². The van der Waals surface area contributed by atoms with Crippen LogP contribution in [0.25, 0.3) is 10.2 Å². The summed E-state index contributed by atoms with van der Waals surface area (Å²) >= 11 is 1.41. The molecule has 2 amide bonds. The van der Waals surface area contributed by atoms with E-state index in [-0.39, 0.29) is 6.03 Å². The SMILES string of the molecule is CCc1ccc(NC(=O)Nc2nc3ccc(OC)cc3s2)cc1. The monoisotopic (exact) mass is 327 g/mol. The second-order valence-corrected chi connectivity index (χ2v) is 6.01. The average molecular weight is 327 g/mol. The van der Waals surface area contributed by atoms with E-state index in [2.05, 4.69) is 22.5 Å². The van der Waals surface area contributed by atoms with Crippen LogP contribution in [0.1, 0.15) is 12.5 Å². The molecule has 0 aliphatic heterocycles. The average Bonchev–Trinajstić information content (AvgIpc) is 2.96. The van der Waals surface area contributed by atoms with Gasteiger partial charge in [0, 0.05) is 5.69 Å². The summed E-state index contributed by atoms with van der Waals surface area (Å²) in [6, 6.07) is 13.1. The zero-order valence-electron chi connectivity index (χ0n) is 12.9. The molecule has 0 saturated heterocycles. The van der Waals surface area contributed by atoms with Crippen molar-refractivity contribution >= 4 is 38.4 Å². The Hall–Kier alpha value is -2.60.